The Bertz CT molecular complexity index is 846. The van der Waals surface area contributed by atoms with Crippen LogP contribution >= 0.6 is 0 Å². The number of ketones is 1. The zero-order valence-corrected chi connectivity index (χ0v) is 11.8. The number of nitrogens with zero attached hydrogens (tertiary/aromatic N) is 2. The Labute approximate surface area is 122 Å². The smallest absolute Gasteiger partial charge is 0.179 e. The molecule has 21 heavy (non-hydrogen) atoms. The van der Waals surface area contributed by atoms with Crippen molar-refractivity contribution in [3.8, 4) is 11.1 Å². The van der Waals surface area contributed by atoms with Gasteiger partial charge in [-0.2, -0.15) is 0 Å². The van der Waals surface area contributed by atoms with E-state index in [4.69, 9.17) is 0 Å². The molecule has 0 amide bonds. The second-order valence-corrected chi connectivity index (χ2v) is 5.53. The summed E-state index contributed by atoms with van der Waals surface area (Å²) in [6.07, 6.45) is 6.24. The number of nitrogens with one attached hydrogen (secondary N) is 1. The predicted octanol–water partition coefficient (Wildman–Crippen LogP) is 3.45. The van der Waals surface area contributed by atoms with Crippen molar-refractivity contribution < 1.29 is 4.79 Å². The van der Waals surface area contributed by atoms with Gasteiger partial charge in [-0.05, 0) is 37.0 Å². The van der Waals surface area contributed by atoms with Crippen molar-refractivity contribution in [2.75, 3.05) is 0 Å². The van der Waals surface area contributed by atoms with Gasteiger partial charge in [0.1, 0.15) is 5.82 Å². The van der Waals surface area contributed by atoms with Gasteiger partial charge >= 0.3 is 0 Å². The fourth-order valence-electron chi connectivity index (χ4n) is 3.03. The molecule has 0 aliphatic heterocycles. The van der Waals surface area contributed by atoms with Gasteiger partial charge < -0.3 is 4.98 Å². The van der Waals surface area contributed by atoms with Crippen LogP contribution in [0, 0.1) is 6.92 Å². The van der Waals surface area contributed by atoms with Gasteiger partial charge in [0.2, 0.25) is 0 Å². The van der Waals surface area contributed by atoms with Gasteiger partial charge in [0, 0.05) is 35.3 Å². The highest BCUT2D eigenvalue weighted by Crippen LogP contribution is 2.31. The molecular formula is C17H15N3O. The van der Waals surface area contributed by atoms with E-state index in [1.165, 1.54) is 5.56 Å². The Morgan fingerprint density at radius 1 is 1.10 bits per heavy atom. The Kier molecular flexibility index (Phi) is 2.64. The van der Waals surface area contributed by atoms with E-state index in [1.54, 1.807) is 0 Å². The van der Waals surface area contributed by atoms with Crippen LogP contribution in [0.5, 0.6) is 0 Å². The van der Waals surface area contributed by atoms with E-state index < -0.39 is 0 Å². The second-order valence-electron chi connectivity index (χ2n) is 5.53. The van der Waals surface area contributed by atoms with Gasteiger partial charge in [-0.25, -0.2) is 9.97 Å². The van der Waals surface area contributed by atoms with Gasteiger partial charge in [-0.15, -0.1) is 0 Å². The molecule has 1 aliphatic carbocycles. The third kappa shape index (κ3) is 1.95. The van der Waals surface area contributed by atoms with Gasteiger partial charge in [0.05, 0.1) is 5.69 Å². The van der Waals surface area contributed by atoms with Crippen LogP contribution in [0.25, 0.3) is 22.0 Å². The summed E-state index contributed by atoms with van der Waals surface area (Å²) in [7, 11) is 0. The van der Waals surface area contributed by atoms with Crippen LogP contribution in [0.4, 0.5) is 0 Å². The number of aryl methyl sites for hydroxylation is 2. The molecule has 0 saturated heterocycles. The Hall–Kier alpha value is -2.49. The van der Waals surface area contributed by atoms with E-state index in [9.17, 15) is 4.79 Å². The minimum Gasteiger partial charge on any atom is -0.352 e. The Morgan fingerprint density at radius 2 is 1.90 bits per heavy atom. The SMILES string of the molecule is Cc1ncc(-c2ccc3c4c([nH]c3c2)C(=O)CCC4)cn1. The van der Waals surface area contributed by atoms with Crippen LogP contribution in [0.1, 0.15) is 34.7 Å². The largest absolute Gasteiger partial charge is 0.352 e. The predicted molar refractivity (Wildman–Crippen MR) is 81.3 cm³/mol. The molecule has 4 nitrogen and oxygen atoms in total. The first-order chi connectivity index (χ1) is 10.2. The van der Waals surface area contributed by atoms with Crippen molar-refractivity contribution >= 4 is 16.7 Å². The van der Waals surface area contributed by atoms with Crippen molar-refractivity contribution in [1.82, 2.24) is 15.0 Å². The van der Waals surface area contributed by atoms with Crippen LogP contribution in [-0.2, 0) is 6.42 Å². The molecule has 0 bridgehead atoms. The van der Waals surface area contributed by atoms with Crippen LogP contribution in [0.3, 0.4) is 0 Å². The molecule has 1 aliphatic rings. The number of carbonyl (C=O) groups is 1. The fraction of sp³-hybridized carbons (Fsp3) is 0.235. The lowest BCUT2D eigenvalue weighted by Crippen LogP contribution is -2.09. The highest BCUT2D eigenvalue weighted by atomic mass is 16.1. The summed E-state index contributed by atoms with van der Waals surface area (Å²) in [4.78, 5) is 23.8. The summed E-state index contributed by atoms with van der Waals surface area (Å²) in [6.45, 7) is 1.87. The number of H-pyrrole nitrogens is 1. The molecule has 104 valence electrons. The number of Topliss-reactive ketones (excluding diaryl/α,β-unsaturated/α-hetero) is 1. The third-order valence-electron chi connectivity index (χ3n) is 4.13. The van der Waals surface area contributed by atoms with Crippen molar-refractivity contribution in [3.63, 3.8) is 0 Å². The molecule has 2 heterocycles. The summed E-state index contributed by atoms with van der Waals surface area (Å²) in [6, 6.07) is 6.25. The molecule has 3 aromatic rings. The number of fused-ring (bicyclic) bond motifs is 3. The lowest BCUT2D eigenvalue weighted by Gasteiger charge is -2.09. The van der Waals surface area contributed by atoms with E-state index in [0.29, 0.717) is 6.42 Å². The highest BCUT2D eigenvalue weighted by molar-refractivity contribution is 6.03. The van der Waals surface area contributed by atoms with E-state index in [2.05, 4.69) is 33.2 Å². The van der Waals surface area contributed by atoms with Crippen molar-refractivity contribution in [2.24, 2.45) is 0 Å². The number of aromatic amines is 1. The second kappa shape index (κ2) is 4.52. The van der Waals surface area contributed by atoms with Gasteiger partial charge in [0.15, 0.2) is 5.78 Å². The molecule has 0 fully saturated rings. The average Bonchev–Trinajstić information content (AvgIpc) is 2.87. The molecule has 2 aromatic heterocycles. The van der Waals surface area contributed by atoms with E-state index in [0.717, 1.165) is 46.4 Å². The summed E-state index contributed by atoms with van der Waals surface area (Å²) >= 11 is 0. The lowest BCUT2D eigenvalue weighted by molar-refractivity contribution is 0.0968. The topological polar surface area (TPSA) is 58.6 Å². The standard InChI is InChI=1S/C17H15N3O/c1-10-18-8-12(9-19-10)11-5-6-13-14-3-2-4-16(21)17(14)20-15(13)7-11/h5-9,20H,2-4H2,1H3. The van der Waals surface area contributed by atoms with E-state index in [-0.39, 0.29) is 5.78 Å². The number of carbonyl (C=O) groups excluding carboxylic acids is 1. The maximum absolute atomic E-state index is 12.0. The van der Waals surface area contributed by atoms with Crippen LogP contribution in [-0.4, -0.2) is 20.7 Å². The first-order valence-corrected chi connectivity index (χ1v) is 7.19. The third-order valence-corrected chi connectivity index (χ3v) is 4.13. The molecule has 1 aromatic carbocycles. The molecule has 0 atom stereocenters. The van der Waals surface area contributed by atoms with E-state index in [1.807, 2.05) is 19.3 Å². The monoisotopic (exact) mass is 277 g/mol. The van der Waals surface area contributed by atoms with Crippen molar-refractivity contribution in [3.05, 3.63) is 47.7 Å². The Balaban J connectivity index is 1.87. The molecule has 0 unspecified atom stereocenters. The molecule has 0 spiro atoms. The summed E-state index contributed by atoms with van der Waals surface area (Å²) in [5.41, 5.74) is 5.05. The summed E-state index contributed by atoms with van der Waals surface area (Å²) < 4.78 is 0. The van der Waals surface area contributed by atoms with Crippen molar-refractivity contribution in [1.29, 1.82) is 0 Å². The van der Waals surface area contributed by atoms with Gasteiger partial charge in [-0.1, -0.05) is 12.1 Å². The number of hydrogen-bond donors (Lipinski definition) is 1. The minimum absolute atomic E-state index is 0.229. The molecule has 4 heteroatoms. The molecule has 1 N–H and O–H groups in total. The normalized spacial score (nSPS) is 14.4. The molecule has 0 radical (unpaired) electrons. The average molecular weight is 277 g/mol. The number of benzene rings is 1. The van der Waals surface area contributed by atoms with Crippen molar-refractivity contribution in [2.45, 2.75) is 26.2 Å². The first kappa shape index (κ1) is 12.3. The maximum Gasteiger partial charge on any atom is 0.179 e. The maximum atomic E-state index is 12.0. The van der Waals surface area contributed by atoms with Gasteiger partial charge in [0.25, 0.3) is 0 Å². The number of aromatic nitrogens is 3. The Morgan fingerprint density at radius 3 is 2.71 bits per heavy atom. The van der Waals surface area contributed by atoms with Crippen LogP contribution in [0.15, 0.2) is 30.6 Å². The summed E-state index contributed by atoms with van der Waals surface area (Å²) in [5.74, 6) is 0.994. The molecule has 4 rings (SSSR count). The van der Waals surface area contributed by atoms with Crippen LogP contribution in [0.2, 0.25) is 0 Å². The first-order valence-electron chi connectivity index (χ1n) is 7.19. The van der Waals surface area contributed by atoms with Crippen LogP contribution < -0.4 is 0 Å². The minimum atomic E-state index is 0.229. The molecule has 0 saturated carbocycles. The summed E-state index contributed by atoms with van der Waals surface area (Å²) in [5, 5.41) is 1.16. The van der Waals surface area contributed by atoms with Gasteiger partial charge in [-0.3, -0.25) is 4.79 Å². The number of rotatable bonds is 1. The quantitative estimate of drug-likeness (QED) is 0.741. The zero-order valence-electron chi connectivity index (χ0n) is 11.8. The lowest BCUT2D eigenvalue weighted by atomic mass is 9.94. The zero-order chi connectivity index (χ0) is 14.4. The number of hydrogen-bond acceptors (Lipinski definition) is 3. The fourth-order valence-corrected chi connectivity index (χ4v) is 3.03. The highest BCUT2D eigenvalue weighted by Gasteiger charge is 2.21. The molecular weight excluding hydrogens is 262 g/mol. The van der Waals surface area contributed by atoms with E-state index >= 15 is 0 Å².